The molecule has 4 rings (SSSR count). The summed E-state index contributed by atoms with van der Waals surface area (Å²) in [5.74, 6) is -3.30. The van der Waals surface area contributed by atoms with Gasteiger partial charge in [0, 0.05) is 22.7 Å². The predicted octanol–water partition coefficient (Wildman–Crippen LogP) is 2.46. The highest BCUT2D eigenvalue weighted by atomic mass is 32.2. The Labute approximate surface area is 191 Å². The number of aliphatic hydroxyl groups is 1. The molecule has 1 fully saturated rings. The topological polar surface area (TPSA) is 120 Å². The molecular weight excluding hydrogens is 457 g/mol. The van der Waals surface area contributed by atoms with Gasteiger partial charge in [0.2, 0.25) is 5.91 Å². The molecule has 4 atom stereocenters. The summed E-state index contributed by atoms with van der Waals surface area (Å²) in [6.07, 6.45) is -0.873. The van der Waals surface area contributed by atoms with Crippen molar-refractivity contribution >= 4 is 40.9 Å². The van der Waals surface area contributed by atoms with Gasteiger partial charge in [0.25, 0.3) is 5.91 Å². The third kappa shape index (κ3) is 3.91. The first-order valence-corrected chi connectivity index (χ1v) is 11.5. The van der Waals surface area contributed by atoms with Gasteiger partial charge in [-0.05, 0) is 24.6 Å². The second kappa shape index (κ2) is 8.64. The number of aliphatic carboxylic acids is 1. The second-order valence-electron chi connectivity index (χ2n) is 7.68. The predicted molar refractivity (Wildman–Crippen MR) is 115 cm³/mol. The van der Waals surface area contributed by atoms with Crippen LogP contribution in [0.5, 0.6) is 0 Å². The number of β-lactam (4-membered cyclic amide) rings is 1. The van der Waals surface area contributed by atoms with Crippen molar-refractivity contribution in [2.75, 3.05) is 0 Å². The average Bonchev–Trinajstić information content (AvgIpc) is 3.29. The Hall–Kier alpha value is -2.76. The maximum atomic E-state index is 13.0. The summed E-state index contributed by atoms with van der Waals surface area (Å²) < 4.78 is 13.5. The van der Waals surface area contributed by atoms with E-state index in [1.807, 2.05) is 6.92 Å². The van der Waals surface area contributed by atoms with Gasteiger partial charge in [-0.1, -0.05) is 30.8 Å². The van der Waals surface area contributed by atoms with Crippen molar-refractivity contribution in [1.82, 2.24) is 15.2 Å². The minimum absolute atomic E-state index is 0.0908. The lowest BCUT2D eigenvalue weighted by atomic mass is 9.79. The van der Waals surface area contributed by atoms with E-state index in [0.717, 1.165) is 17.3 Å². The minimum Gasteiger partial charge on any atom is -0.477 e. The van der Waals surface area contributed by atoms with Crippen LogP contribution in [0.15, 0.2) is 44.6 Å². The average molecular weight is 478 g/mol. The van der Waals surface area contributed by atoms with E-state index in [1.54, 1.807) is 17.5 Å². The van der Waals surface area contributed by atoms with Crippen molar-refractivity contribution in [2.24, 2.45) is 11.8 Å². The molecule has 2 amide bonds. The van der Waals surface area contributed by atoms with Crippen LogP contribution in [-0.4, -0.2) is 50.0 Å². The molecule has 1 aromatic carbocycles. The fourth-order valence-electron chi connectivity index (χ4n) is 4.03. The summed E-state index contributed by atoms with van der Waals surface area (Å²) in [5.41, 5.74) is 0.832. The molecule has 168 valence electrons. The van der Waals surface area contributed by atoms with Gasteiger partial charge in [-0.3, -0.25) is 9.59 Å². The molecule has 3 heterocycles. The molecule has 3 N–H and O–H groups in total. The SMILES string of the molecule is C[C@@H](O)[C@H]1C(=O)N2C(C(=O)O)=C(Sc3nc(C(=O)NCc4ccc(F)cc4)cs3)[C@H](C)[C@H]12. The lowest BCUT2D eigenvalue weighted by Gasteiger charge is -2.46. The summed E-state index contributed by atoms with van der Waals surface area (Å²) >= 11 is 2.32. The van der Waals surface area contributed by atoms with E-state index < -0.39 is 35.8 Å². The number of aromatic nitrogens is 1. The number of carboxylic acids is 1. The van der Waals surface area contributed by atoms with E-state index >= 15 is 0 Å². The standard InChI is InChI=1S/C21H20FN3O5S2/c1-9-15-14(10(2)26)19(28)25(15)16(20(29)30)17(9)32-21-24-13(8-31-21)18(27)23-7-11-3-5-12(22)6-4-11/h3-6,8-10,14-15,26H,7H2,1-2H3,(H,23,27)(H,29,30)/t9-,10-,14-,15-/m1/s1. The van der Waals surface area contributed by atoms with Crippen molar-refractivity contribution in [3.05, 3.63) is 57.3 Å². The number of nitrogens with one attached hydrogen (secondary N) is 1. The van der Waals surface area contributed by atoms with Gasteiger partial charge in [-0.15, -0.1) is 11.3 Å². The number of thioether (sulfide) groups is 1. The maximum absolute atomic E-state index is 13.0. The summed E-state index contributed by atoms with van der Waals surface area (Å²) in [5, 5.41) is 23.9. The Morgan fingerprint density at radius 1 is 1.34 bits per heavy atom. The number of fused-ring (bicyclic) bond motifs is 1. The highest BCUT2D eigenvalue weighted by Crippen LogP contribution is 2.52. The quantitative estimate of drug-likeness (QED) is 0.524. The van der Waals surface area contributed by atoms with Crippen molar-refractivity contribution in [2.45, 2.75) is 36.9 Å². The Morgan fingerprint density at radius 3 is 2.66 bits per heavy atom. The van der Waals surface area contributed by atoms with E-state index in [0.29, 0.717) is 9.24 Å². The Kier molecular flexibility index (Phi) is 6.06. The van der Waals surface area contributed by atoms with Crippen molar-refractivity contribution in [3.63, 3.8) is 0 Å². The molecule has 8 nitrogen and oxygen atoms in total. The highest BCUT2D eigenvalue weighted by Gasteiger charge is 2.60. The molecule has 0 spiro atoms. The number of carboxylic acid groups (broad SMARTS) is 1. The molecule has 2 aliphatic rings. The third-order valence-electron chi connectivity index (χ3n) is 5.59. The fraction of sp³-hybridized carbons (Fsp3) is 0.333. The molecule has 1 aromatic heterocycles. The number of thiazole rings is 1. The van der Waals surface area contributed by atoms with Gasteiger partial charge in [0.05, 0.1) is 18.1 Å². The summed E-state index contributed by atoms with van der Waals surface area (Å²) in [7, 11) is 0. The Morgan fingerprint density at radius 2 is 2.03 bits per heavy atom. The van der Waals surface area contributed by atoms with Gasteiger partial charge < -0.3 is 20.4 Å². The normalized spacial score (nSPS) is 23.1. The monoisotopic (exact) mass is 477 g/mol. The third-order valence-corrected chi connectivity index (χ3v) is 7.81. The van der Waals surface area contributed by atoms with Crippen LogP contribution in [0.2, 0.25) is 0 Å². The van der Waals surface area contributed by atoms with E-state index in [4.69, 9.17) is 0 Å². The van der Waals surface area contributed by atoms with Gasteiger partial charge >= 0.3 is 5.97 Å². The van der Waals surface area contributed by atoms with Crippen molar-refractivity contribution in [3.8, 4) is 0 Å². The second-order valence-corrected chi connectivity index (χ2v) is 9.83. The van der Waals surface area contributed by atoms with E-state index in [1.165, 1.54) is 35.3 Å². The van der Waals surface area contributed by atoms with Crippen molar-refractivity contribution < 1.29 is 29.0 Å². The molecule has 2 aromatic rings. The van der Waals surface area contributed by atoms with E-state index in [-0.39, 0.29) is 29.7 Å². The van der Waals surface area contributed by atoms with Crippen LogP contribution in [0.3, 0.4) is 0 Å². The molecule has 32 heavy (non-hydrogen) atoms. The van der Waals surface area contributed by atoms with Crippen LogP contribution in [0, 0.1) is 17.7 Å². The van der Waals surface area contributed by atoms with Gasteiger partial charge in [0.15, 0.2) is 4.34 Å². The molecule has 11 heteroatoms. The van der Waals surface area contributed by atoms with E-state index in [2.05, 4.69) is 10.3 Å². The zero-order valence-electron chi connectivity index (χ0n) is 17.1. The number of halogens is 1. The zero-order chi connectivity index (χ0) is 23.2. The van der Waals surface area contributed by atoms with Gasteiger partial charge in [-0.25, -0.2) is 14.2 Å². The number of aliphatic hydroxyl groups excluding tert-OH is 1. The van der Waals surface area contributed by atoms with Crippen LogP contribution in [0.4, 0.5) is 4.39 Å². The molecule has 0 aliphatic carbocycles. The molecule has 0 saturated carbocycles. The Bertz CT molecular complexity index is 1110. The molecule has 1 saturated heterocycles. The van der Waals surface area contributed by atoms with Crippen LogP contribution >= 0.6 is 23.1 Å². The highest BCUT2D eigenvalue weighted by molar-refractivity contribution is 8.04. The molecule has 2 aliphatic heterocycles. The molecule has 0 bridgehead atoms. The lowest BCUT2D eigenvalue weighted by molar-refractivity contribution is -0.163. The number of benzene rings is 1. The van der Waals surface area contributed by atoms with Crippen LogP contribution in [-0.2, 0) is 16.1 Å². The van der Waals surface area contributed by atoms with Gasteiger partial charge in [0.1, 0.15) is 17.2 Å². The fourth-order valence-corrected chi connectivity index (χ4v) is 6.10. The number of hydrogen-bond donors (Lipinski definition) is 3. The number of hydrogen-bond acceptors (Lipinski definition) is 7. The lowest BCUT2D eigenvalue weighted by Crippen LogP contribution is -2.63. The first-order valence-electron chi connectivity index (χ1n) is 9.83. The first kappa shape index (κ1) is 22.4. The first-order chi connectivity index (χ1) is 15.2. The Balaban J connectivity index is 1.47. The zero-order valence-corrected chi connectivity index (χ0v) is 18.7. The smallest absolute Gasteiger partial charge is 0.353 e. The number of carbonyl (C=O) groups excluding carboxylic acids is 2. The van der Waals surface area contributed by atoms with Crippen LogP contribution < -0.4 is 5.32 Å². The molecular formula is C21H20FN3O5S2. The number of amides is 2. The van der Waals surface area contributed by atoms with Crippen molar-refractivity contribution in [1.29, 1.82) is 0 Å². The summed E-state index contributed by atoms with van der Waals surface area (Å²) in [6, 6.07) is 5.36. The van der Waals surface area contributed by atoms with E-state index in [9.17, 15) is 29.0 Å². The number of rotatable bonds is 7. The molecule has 0 radical (unpaired) electrons. The van der Waals surface area contributed by atoms with Crippen LogP contribution in [0.1, 0.15) is 29.9 Å². The minimum atomic E-state index is -1.21. The van der Waals surface area contributed by atoms with Gasteiger partial charge in [-0.2, -0.15) is 0 Å². The van der Waals surface area contributed by atoms with Crippen LogP contribution in [0.25, 0.3) is 0 Å². The molecule has 0 unspecified atom stereocenters. The number of nitrogens with zero attached hydrogens (tertiary/aromatic N) is 2. The largest absolute Gasteiger partial charge is 0.477 e. The summed E-state index contributed by atoms with van der Waals surface area (Å²) in [4.78, 5) is 42.7. The maximum Gasteiger partial charge on any atom is 0.353 e. The number of carbonyl (C=O) groups is 3. The summed E-state index contributed by atoms with van der Waals surface area (Å²) in [6.45, 7) is 3.56.